The molecule has 0 unspecified atom stereocenters. The minimum absolute atomic E-state index is 0.0131. The van der Waals surface area contributed by atoms with Crippen LogP contribution in [0.4, 0.5) is 0 Å². The van der Waals surface area contributed by atoms with E-state index < -0.39 is 0 Å². The van der Waals surface area contributed by atoms with Gasteiger partial charge in [0.2, 0.25) is 11.8 Å². The van der Waals surface area contributed by atoms with Gasteiger partial charge in [0, 0.05) is 48.7 Å². The first-order valence-electron chi connectivity index (χ1n) is 9.76. The topological polar surface area (TPSA) is 62.3 Å². The average Bonchev–Trinajstić information content (AvgIpc) is 3.10. The zero-order chi connectivity index (χ0) is 19.3. The van der Waals surface area contributed by atoms with Crippen LogP contribution >= 0.6 is 11.3 Å². The van der Waals surface area contributed by atoms with Gasteiger partial charge in [-0.05, 0) is 19.3 Å². The molecule has 1 aliphatic rings. The summed E-state index contributed by atoms with van der Waals surface area (Å²) in [4.78, 5) is 31.2. The van der Waals surface area contributed by atoms with E-state index in [2.05, 4.69) is 17.6 Å². The third kappa shape index (κ3) is 5.29. The maximum Gasteiger partial charge on any atom is 0.228 e. The second-order valence-corrected chi connectivity index (χ2v) is 9.09. The maximum atomic E-state index is 12.8. The molecule has 1 aromatic heterocycles. The van der Waals surface area contributed by atoms with E-state index >= 15 is 0 Å². The fraction of sp³-hybridized carbons (Fsp3) is 0.750. The first-order chi connectivity index (χ1) is 12.2. The third-order valence-corrected chi connectivity index (χ3v) is 6.35. The van der Waals surface area contributed by atoms with E-state index in [1.54, 1.807) is 11.3 Å². The van der Waals surface area contributed by atoms with Crippen LogP contribution in [0.2, 0.25) is 0 Å². The van der Waals surface area contributed by atoms with Crippen LogP contribution in [-0.2, 0) is 16.0 Å². The number of amides is 2. The molecule has 0 aromatic carbocycles. The van der Waals surface area contributed by atoms with Gasteiger partial charge in [-0.25, -0.2) is 4.98 Å². The van der Waals surface area contributed by atoms with E-state index in [1.165, 1.54) is 0 Å². The zero-order valence-corrected chi connectivity index (χ0v) is 17.6. The molecule has 2 amide bonds. The van der Waals surface area contributed by atoms with Gasteiger partial charge in [-0.3, -0.25) is 9.59 Å². The lowest BCUT2D eigenvalue weighted by molar-refractivity contribution is -0.141. The van der Waals surface area contributed by atoms with Crippen LogP contribution in [0.1, 0.15) is 70.5 Å². The van der Waals surface area contributed by atoms with Crippen molar-refractivity contribution in [1.82, 2.24) is 15.2 Å². The Morgan fingerprint density at radius 3 is 2.81 bits per heavy atom. The Morgan fingerprint density at radius 1 is 1.42 bits per heavy atom. The minimum Gasteiger partial charge on any atom is -0.355 e. The number of carbonyl (C=O) groups is 2. The van der Waals surface area contributed by atoms with Crippen LogP contribution in [0.5, 0.6) is 0 Å². The summed E-state index contributed by atoms with van der Waals surface area (Å²) in [7, 11) is 0. The first kappa shape index (κ1) is 20.9. The molecule has 0 aliphatic carbocycles. The minimum atomic E-state index is -0.287. The fourth-order valence-corrected chi connectivity index (χ4v) is 4.07. The summed E-state index contributed by atoms with van der Waals surface area (Å²) >= 11 is 1.69. The Hall–Kier alpha value is -1.43. The van der Waals surface area contributed by atoms with Crippen molar-refractivity contribution in [2.75, 3.05) is 19.6 Å². The largest absolute Gasteiger partial charge is 0.355 e. The lowest BCUT2D eigenvalue weighted by Crippen LogP contribution is -2.45. The summed E-state index contributed by atoms with van der Waals surface area (Å²) in [6.07, 6.45) is 3.74. The van der Waals surface area contributed by atoms with Gasteiger partial charge in [0.05, 0.1) is 10.7 Å². The molecule has 2 heterocycles. The maximum absolute atomic E-state index is 12.8. The molecule has 2 rings (SSSR count). The lowest BCUT2D eigenvalue weighted by Gasteiger charge is -2.36. The van der Waals surface area contributed by atoms with Crippen LogP contribution in [0.15, 0.2) is 5.38 Å². The summed E-state index contributed by atoms with van der Waals surface area (Å²) in [5.74, 6) is 0.696. The Bertz CT molecular complexity index is 624. The van der Waals surface area contributed by atoms with Crippen LogP contribution in [0.25, 0.3) is 0 Å². The number of piperidine rings is 1. The Morgan fingerprint density at radius 2 is 2.15 bits per heavy atom. The second kappa shape index (κ2) is 8.98. The van der Waals surface area contributed by atoms with Gasteiger partial charge < -0.3 is 10.2 Å². The summed E-state index contributed by atoms with van der Waals surface area (Å²) in [5.41, 5.74) is 0.747. The molecule has 0 bridgehead atoms. The van der Waals surface area contributed by atoms with Crippen molar-refractivity contribution in [1.29, 1.82) is 0 Å². The Kier molecular flexibility index (Phi) is 7.21. The zero-order valence-electron chi connectivity index (χ0n) is 16.8. The quantitative estimate of drug-likeness (QED) is 0.787. The Labute approximate surface area is 161 Å². The van der Waals surface area contributed by atoms with Crippen molar-refractivity contribution in [2.45, 2.75) is 66.2 Å². The van der Waals surface area contributed by atoms with Crippen molar-refractivity contribution >= 4 is 23.2 Å². The monoisotopic (exact) mass is 379 g/mol. The predicted molar refractivity (Wildman–Crippen MR) is 106 cm³/mol. The van der Waals surface area contributed by atoms with Crippen molar-refractivity contribution < 1.29 is 9.59 Å². The van der Waals surface area contributed by atoms with Crippen molar-refractivity contribution in [3.63, 3.8) is 0 Å². The molecule has 6 heteroatoms. The highest BCUT2D eigenvalue weighted by atomic mass is 32.1. The molecular formula is C20H33N3O2S. The first-order valence-corrected chi connectivity index (χ1v) is 10.6. The van der Waals surface area contributed by atoms with Gasteiger partial charge >= 0.3 is 0 Å². The van der Waals surface area contributed by atoms with Crippen molar-refractivity contribution in [2.24, 2.45) is 11.3 Å². The second-order valence-electron chi connectivity index (χ2n) is 8.20. The van der Waals surface area contributed by atoms with Gasteiger partial charge in [-0.1, -0.05) is 34.6 Å². The molecule has 1 atom stereocenters. The predicted octanol–water partition coefficient (Wildman–Crippen LogP) is 3.60. The summed E-state index contributed by atoms with van der Waals surface area (Å²) in [6, 6.07) is 0. The smallest absolute Gasteiger partial charge is 0.228 e. The molecule has 5 nitrogen and oxygen atoms in total. The number of thiazole rings is 1. The van der Waals surface area contributed by atoms with Crippen molar-refractivity contribution in [3.8, 4) is 0 Å². The molecule has 26 heavy (non-hydrogen) atoms. The van der Waals surface area contributed by atoms with E-state index in [4.69, 9.17) is 4.98 Å². The van der Waals surface area contributed by atoms with Crippen LogP contribution < -0.4 is 5.32 Å². The van der Waals surface area contributed by atoms with E-state index in [0.717, 1.165) is 49.5 Å². The highest BCUT2D eigenvalue weighted by molar-refractivity contribution is 7.09. The van der Waals surface area contributed by atoms with E-state index in [1.807, 2.05) is 32.6 Å². The molecule has 1 N–H and O–H groups in total. The number of rotatable bonds is 7. The molecule has 0 spiro atoms. The summed E-state index contributed by atoms with van der Waals surface area (Å²) in [6.45, 7) is 12.2. The highest BCUT2D eigenvalue weighted by Crippen LogP contribution is 2.32. The molecule has 1 aromatic rings. The van der Waals surface area contributed by atoms with Crippen LogP contribution in [0.3, 0.4) is 0 Å². The van der Waals surface area contributed by atoms with E-state index in [9.17, 15) is 9.59 Å². The van der Waals surface area contributed by atoms with Gasteiger partial charge in [-0.15, -0.1) is 11.3 Å². The summed E-state index contributed by atoms with van der Waals surface area (Å²) < 4.78 is 0. The molecule has 1 saturated heterocycles. The van der Waals surface area contributed by atoms with Crippen LogP contribution in [0, 0.1) is 11.3 Å². The standard InChI is InChI=1S/C20H33N3O2S/c1-6-20(4,5)19(25)23-11-7-8-15(12-23)18-22-16(13-26-18)9-10-21-17(24)14(2)3/h13-15H,6-12H2,1-5H3,(H,21,24)/t15-/m0/s1. The molecule has 1 fully saturated rings. The number of hydrogen-bond acceptors (Lipinski definition) is 4. The molecule has 0 radical (unpaired) electrons. The van der Waals surface area contributed by atoms with E-state index in [-0.39, 0.29) is 23.1 Å². The van der Waals surface area contributed by atoms with Gasteiger partial charge in [0.15, 0.2) is 0 Å². The van der Waals surface area contributed by atoms with Gasteiger partial charge in [0.1, 0.15) is 0 Å². The van der Waals surface area contributed by atoms with E-state index in [0.29, 0.717) is 12.5 Å². The third-order valence-electron chi connectivity index (χ3n) is 5.29. The Balaban J connectivity index is 1.92. The molecule has 1 aliphatic heterocycles. The molecular weight excluding hydrogens is 346 g/mol. The number of likely N-dealkylation sites (tertiary alicyclic amines) is 1. The van der Waals surface area contributed by atoms with Crippen molar-refractivity contribution in [3.05, 3.63) is 16.1 Å². The number of nitrogens with zero attached hydrogens (tertiary/aromatic N) is 2. The SMILES string of the molecule is CCC(C)(C)C(=O)N1CCC[C@H](c2nc(CCNC(=O)C(C)C)cs2)C1. The van der Waals surface area contributed by atoms with Gasteiger partial charge in [0.25, 0.3) is 0 Å². The van der Waals surface area contributed by atoms with Crippen LogP contribution in [-0.4, -0.2) is 41.3 Å². The normalized spacial score (nSPS) is 18.2. The van der Waals surface area contributed by atoms with Gasteiger partial charge in [-0.2, -0.15) is 0 Å². The lowest BCUT2D eigenvalue weighted by atomic mass is 9.87. The number of aromatic nitrogens is 1. The summed E-state index contributed by atoms with van der Waals surface area (Å²) in [5, 5.41) is 6.15. The molecule has 0 saturated carbocycles. The number of hydrogen-bond donors (Lipinski definition) is 1. The fourth-order valence-electron chi connectivity index (χ4n) is 3.09. The average molecular weight is 380 g/mol. The number of nitrogens with one attached hydrogen (secondary N) is 1. The highest BCUT2D eigenvalue weighted by Gasteiger charge is 2.34. The number of carbonyl (C=O) groups excluding carboxylic acids is 2. The molecule has 146 valence electrons.